The van der Waals surface area contributed by atoms with Crippen LogP contribution in [0.2, 0.25) is 0 Å². The Hall–Kier alpha value is -2.74. The number of carbonyl (C=O) groups is 1. The highest BCUT2D eigenvalue weighted by molar-refractivity contribution is 7.99. The molecule has 0 saturated heterocycles. The predicted molar refractivity (Wildman–Crippen MR) is 111 cm³/mol. The maximum atomic E-state index is 12.9. The maximum absolute atomic E-state index is 12.9. The van der Waals surface area contributed by atoms with Crippen molar-refractivity contribution >= 4 is 17.5 Å². The van der Waals surface area contributed by atoms with Crippen LogP contribution in [0.1, 0.15) is 47.2 Å². The third-order valence-corrected chi connectivity index (χ3v) is 6.04. The molecule has 0 atom stereocenters. The summed E-state index contributed by atoms with van der Waals surface area (Å²) in [5.41, 5.74) is 3.88. The molecule has 1 aromatic carbocycles. The van der Waals surface area contributed by atoms with Gasteiger partial charge in [0, 0.05) is 29.5 Å². The van der Waals surface area contributed by atoms with E-state index in [1.807, 2.05) is 42.7 Å². The molecule has 0 saturated carbocycles. The number of ketones is 1. The molecule has 152 valence electrons. The molecule has 0 spiro atoms. The van der Waals surface area contributed by atoms with Crippen molar-refractivity contribution in [1.29, 1.82) is 0 Å². The van der Waals surface area contributed by atoms with Crippen molar-refractivity contribution in [2.75, 3.05) is 12.5 Å². The average Bonchev–Trinajstić information content (AvgIpc) is 3.41. The molecule has 0 unspecified atom stereocenters. The van der Waals surface area contributed by atoms with Crippen LogP contribution in [0.3, 0.4) is 0 Å². The number of thioether (sulfide) groups is 1. The minimum absolute atomic E-state index is 0.0957. The van der Waals surface area contributed by atoms with E-state index in [2.05, 4.69) is 28.6 Å². The molecule has 0 N–H and O–H groups in total. The zero-order valence-electron chi connectivity index (χ0n) is 17.0. The van der Waals surface area contributed by atoms with E-state index < -0.39 is 0 Å². The highest BCUT2D eigenvalue weighted by Crippen LogP contribution is 2.33. The Balaban J connectivity index is 1.49. The smallest absolute Gasteiger partial charge is 0.231 e. The van der Waals surface area contributed by atoms with Crippen LogP contribution in [-0.2, 0) is 6.54 Å². The third kappa shape index (κ3) is 3.89. The van der Waals surface area contributed by atoms with Crippen molar-refractivity contribution < 1.29 is 14.3 Å². The van der Waals surface area contributed by atoms with Crippen molar-refractivity contribution in [3.8, 4) is 11.5 Å². The van der Waals surface area contributed by atoms with Crippen molar-refractivity contribution in [3.63, 3.8) is 0 Å². The van der Waals surface area contributed by atoms with E-state index in [0.717, 1.165) is 39.2 Å². The molecule has 2 aromatic heterocycles. The molecule has 29 heavy (non-hydrogen) atoms. The molecule has 0 radical (unpaired) electrons. The van der Waals surface area contributed by atoms with Gasteiger partial charge in [-0.15, -0.1) is 10.2 Å². The van der Waals surface area contributed by atoms with Crippen LogP contribution in [-0.4, -0.2) is 37.7 Å². The number of rotatable bonds is 7. The number of nitrogens with zero attached hydrogens (tertiary/aromatic N) is 4. The fraction of sp³-hybridized carbons (Fsp3) is 0.381. The van der Waals surface area contributed by atoms with Gasteiger partial charge >= 0.3 is 0 Å². The van der Waals surface area contributed by atoms with Gasteiger partial charge in [-0.05, 0) is 51.5 Å². The van der Waals surface area contributed by atoms with Crippen molar-refractivity contribution in [3.05, 3.63) is 53.1 Å². The monoisotopic (exact) mass is 412 g/mol. The normalized spacial score (nSPS) is 12.7. The van der Waals surface area contributed by atoms with Crippen LogP contribution >= 0.6 is 11.8 Å². The topological polar surface area (TPSA) is 71.2 Å². The minimum Gasteiger partial charge on any atom is -0.454 e. The first-order valence-corrected chi connectivity index (χ1v) is 10.5. The molecule has 3 aromatic rings. The Kier molecular flexibility index (Phi) is 5.36. The van der Waals surface area contributed by atoms with Crippen molar-refractivity contribution in [1.82, 2.24) is 19.3 Å². The van der Waals surface area contributed by atoms with Crippen molar-refractivity contribution in [2.24, 2.45) is 0 Å². The molecule has 1 aliphatic heterocycles. The zero-order valence-corrected chi connectivity index (χ0v) is 17.8. The van der Waals surface area contributed by atoms with Gasteiger partial charge < -0.3 is 18.6 Å². The summed E-state index contributed by atoms with van der Waals surface area (Å²) in [6.07, 6.45) is 1.70. The van der Waals surface area contributed by atoms with E-state index >= 15 is 0 Å². The lowest BCUT2D eigenvalue weighted by molar-refractivity contribution is 0.102. The molecule has 3 heterocycles. The highest BCUT2D eigenvalue weighted by atomic mass is 32.2. The Morgan fingerprint density at radius 1 is 1.21 bits per heavy atom. The number of fused-ring (bicyclic) bond motifs is 1. The molecule has 0 bridgehead atoms. The lowest BCUT2D eigenvalue weighted by atomic mass is 10.1. The number of hydrogen-bond acceptors (Lipinski definition) is 6. The Morgan fingerprint density at radius 3 is 2.79 bits per heavy atom. The molecule has 4 rings (SSSR count). The number of aryl methyl sites for hydroxylation is 1. The summed E-state index contributed by atoms with van der Waals surface area (Å²) >= 11 is 1.43. The van der Waals surface area contributed by atoms with Gasteiger partial charge in [-0.2, -0.15) is 0 Å². The zero-order chi connectivity index (χ0) is 20.5. The van der Waals surface area contributed by atoms with Gasteiger partial charge in [0.15, 0.2) is 22.4 Å². The molecule has 7 nitrogen and oxygen atoms in total. The summed E-state index contributed by atoms with van der Waals surface area (Å²) < 4.78 is 15.0. The second-order valence-corrected chi connectivity index (χ2v) is 8.33. The Morgan fingerprint density at radius 2 is 2.00 bits per heavy atom. The van der Waals surface area contributed by atoms with Crippen LogP contribution in [0.25, 0.3) is 0 Å². The van der Waals surface area contributed by atoms with Gasteiger partial charge in [0.05, 0.1) is 5.75 Å². The maximum Gasteiger partial charge on any atom is 0.231 e. The van der Waals surface area contributed by atoms with Gasteiger partial charge in [-0.3, -0.25) is 4.79 Å². The predicted octanol–water partition coefficient (Wildman–Crippen LogP) is 4.03. The fourth-order valence-corrected chi connectivity index (χ4v) is 4.37. The number of carbonyl (C=O) groups excluding carboxylic acids is 1. The van der Waals surface area contributed by atoms with Crippen LogP contribution in [0.15, 0.2) is 35.7 Å². The highest BCUT2D eigenvalue weighted by Gasteiger charge is 2.19. The largest absolute Gasteiger partial charge is 0.454 e. The summed E-state index contributed by atoms with van der Waals surface area (Å²) in [6.45, 7) is 9.10. The van der Waals surface area contributed by atoms with Gasteiger partial charge in [0.1, 0.15) is 6.33 Å². The second-order valence-electron chi connectivity index (χ2n) is 7.38. The van der Waals surface area contributed by atoms with Gasteiger partial charge in [0.25, 0.3) is 0 Å². The van der Waals surface area contributed by atoms with E-state index in [9.17, 15) is 4.79 Å². The summed E-state index contributed by atoms with van der Waals surface area (Å²) in [5, 5.41) is 8.85. The Labute approximate surface area is 174 Å². The molecular formula is C21H24N4O3S. The van der Waals surface area contributed by atoms with Crippen LogP contribution in [0.4, 0.5) is 0 Å². The lowest BCUT2D eigenvalue weighted by Crippen LogP contribution is -2.08. The number of aromatic nitrogens is 4. The number of benzene rings is 1. The van der Waals surface area contributed by atoms with E-state index in [-0.39, 0.29) is 18.6 Å². The van der Waals surface area contributed by atoms with Gasteiger partial charge in [0.2, 0.25) is 6.79 Å². The number of ether oxygens (including phenoxy) is 2. The Bertz CT molecular complexity index is 1050. The summed E-state index contributed by atoms with van der Waals surface area (Å²) in [6, 6.07) is 8.19. The summed E-state index contributed by atoms with van der Waals surface area (Å²) in [5.74, 6) is 1.97. The van der Waals surface area contributed by atoms with E-state index in [1.165, 1.54) is 11.8 Å². The van der Waals surface area contributed by atoms with Crippen LogP contribution in [0, 0.1) is 13.8 Å². The number of hydrogen-bond donors (Lipinski definition) is 0. The first-order valence-electron chi connectivity index (χ1n) is 9.54. The van der Waals surface area contributed by atoms with Gasteiger partial charge in [-0.1, -0.05) is 17.8 Å². The molecule has 1 aliphatic rings. The lowest BCUT2D eigenvalue weighted by Gasteiger charge is -2.11. The molecule has 8 heteroatoms. The summed E-state index contributed by atoms with van der Waals surface area (Å²) in [4.78, 5) is 12.9. The van der Waals surface area contributed by atoms with Crippen LogP contribution in [0.5, 0.6) is 11.5 Å². The first-order chi connectivity index (χ1) is 13.9. The SMILES string of the molecule is Cc1cc(C(=O)CSc2nncn2C(C)C)c(C)n1Cc1ccc2c(c1)OCO2. The average molecular weight is 413 g/mol. The third-order valence-electron chi connectivity index (χ3n) is 5.08. The van der Waals surface area contributed by atoms with Crippen molar-refractivity contribution in [2.45, 2.75) is 45.4 Å². The standard InChI is InChI=1S/C21H24N4O3S/c1-13(2)25-11-22-23-21(25)29-10-18(26)17-7-14(3)24(15(17)4)9-16-5-6-19-20(8-16)28-12-27-19/h5-8,11,13H,9-10,12H2,1-4H3. The van der Waals surface area contributed by atoms with E-state index in [0.29, 0.717) is 12.3 Å². The molecular weight excluding hydrogens is 388 g/mol. The molecule has 0 aliphatic carbocycles. The molecule has 0 fully saturated rings. The van der Waals surface area contributed by atoms with Crippen LogP contribution < -0.4 is 9.47 Å². The number of Topliss-reactive ketones (excluding diaryl/α,β-unsaturated/α-hetero) is 1. The van der Waals surface area contributed by atoms with Gasteiger partial charge in [-0.25, -0.2) is 0 Å². The minimum atomic E-state index is 0.0957. The fourth-order valence-electron chi connectivity index (χ4n) is 3.45. The van der Waals surface area contributed by atoms with E-state index in [1.54, 1.807) is 6.33 Å². The molecule has 0 amide bonds. The first kappa shape index (κ1) is 19.6. The van der Waals surface area contributed by atoms with E-state index in [4.69, 9.17) is 9.47 Å². The quantitative estimate of drug-likeness (QED) is 0.431. The second kappa shape index (κ2) is 7.94. The summed E-state index contributed by atoms with van der Waals surface area (Å²) in [7, 11) is 0.